The van der Waals surface area contributed by atoms with Crippen LogP contribution in [0.4, 0.5) is 0 Å². The maximum Gasteiger partial charge on any atom is 0.335 e. The summed E-state index contributed by atoms with van der Waals surface area (Å²) in [6.07, 6.45) is 3.42. The Kier molecular flexibility index (Phi) is 4.29. The van der Waals surface area contributed by atoms with E-state index in [2.05, 4.69) is 31.7 Å². The summed E-state index contributed by atoms with van der Waals surface area (Å²) in [6.45, 7) is 9.57. The zero-order valence-corrected chi connectivity index (χ0v) is 12.5. The number of hydrogen-bond donors (Lipinski definition) is 1. The van der Waals surface area contributed by atoms with E-state index in [1.807, 2.05) is 12.1 Å². The number of carboxylic acid groups (broad SMARTS) is 1. The van der Waals surface area contributed by atoms with Gasteiger partial charge in [0, 0.05) is 19.6 Å². The average Bonchev–Trinajstić information content (AvgIpc) is 2.38. The molecule has 0 saturated carbocycles. The van der Waals surface area contributed by atoms with Crippen molar-refractivity contribution in [2.24, 2.45) is 5.41 Å². The van der Waals surface area contributed by atoms with Gasteiger partial charge in [0.1, 0.15) is 0 Å². The monoisotopic (exact) mass is 273 g/mol. The van der Waals surface area contributed by atoms with Crippen LogP contribution in [0.15, 0.2) is 35.9 Å². The van der Waals surface area contributed by atoms with Gasteiger partial charge < -0.3 is 5.11 Å². The molecule has 3 nitrogen and oxygen atoms in total. The fourth-order valence-electron chi connectivity index (χ4n) is 2.60. The number of benzene rings is 1. The molecule has 20 heavy (non-hydrogen) atoms. The van der Waals surface area contributed by atoms with Crippen molar-refractivity contribution in [3.8, 4) is 0 Å². The maximum absolute atomic E-state index is 11.0. The summed E-state index contributed by atoms with van der Waals surface area (Å²) >= 11 is 0. The predicted molar refractivity (Wildman–Crippen MR) is 80.8 cm³/mol. The Bertz CT molecular complexity index is 526. The third-order valence-electron chi connectivity index (χ3n) is 3.84. The van der Waals surface area contributed by atoms with Crippen molar-refractivity contribution in [2.45, 2.75) is 33.7 Å². The van der Waals surface area contributed by atoms with Gasteiger partial charge in [-0.2, -0.15) is 0 Å². The molecule has 0 bridgehead atoms. The molecule has 0 atom stereocenters. The molecule has 3 heteroatoms. The number of nitrogens with zero attached hydrogens (tertiary/aromatic N) is 1. The molecule has 0 saturated heterocycles. The van der Waals surface area contributed by atoms with Crippen LogP contribution in [-0.2, 0) is 6.54 Å². The number of aromatic carboxylic acids is 1. The van der Waals surface area contributed by atoms with Gasteiger partial charge in [0.15, 0.2) is 0 Å². The minimum absolute atomic E-state index is 0.259. The van der Waals surface area contributed by atoms with Crippen molar-refractivity contribution >= 4 is 5.97 Å². The van der Waals surface area contributed by atoms with Crippen molar-refractivity contribution in [2.75, 3.05) is 13.1 Å². The van der Waals surface area contributed by atoms with Crippen molar-refractivity contribution in [1.29, 1.82) is 0 Å². The van der Waals surface area contributed by atoms with Gasteiger partial charge in [-0.1, -0.05) is 44.6 Å². The van der Waals surface area contributed by atoms with Gasteiger partial charge in [-0.25, -0.2) is 4.79 Å². The lowest BCUT2D eigenvalue weighted by atomic mass is 9.83. The average molecular weight is 273 g/mol. The first kappa shape index (κ1) is 14.8. The molecule has 0 fully saturated rings. The van der Waals surface area contributed by atoms with E-state index in [1.165, 1.54) is 5.57 Å². The molecule has 0 spiro atoms. The molecule has 1 aromatic rings. The van der Waals surface area contributed by atoms with Crippen LogP contribution in [0.3, 0.4) is 0 Å². The van der Waals surface area contributed by atoms with Crippen LogP contribution in [0.1, 0.15) is 43.1 Å². The van der Waals surface area contributed by atoms with Crippen LogP contribution in [-0.4, -0.2) is 29.1 Å². The van der Waals surface area contributed by atoms with E-state index in [0.29, 0.717) is 5.56 Å². The summed E-state index contributed by atoms with van der Waals surface area (Å²) < 4.78 is 0. The van der Waals surface area contributed by atoms with Gasteiger partial charge in [0.2, 0.25) is 0 Å². The molecule has 0 radical (unpaired) electrons. The molecule has 0 aromatic heterocycles. The smallest absolute Gasteiger partial charge is 0.335 e. The summed E-state index contributed by atoms with van der Waals surface area (Å²) in [6, 6.07) is 7.22. The van der Waals surface area contributed by atoms with Gasteiger partial charge in [0.05, 0.1) is 5.56 Å². The lowest BCUT2D eigenvalue weighted by Crippen LogP contribution is -2.30. The predicted octanol–water partition coefficient (Wildman–Crippen LogP) is 3.56. The van der Waals surface area contributed by atoms with Crippen LogP contribution in [0.2, 0.25) is 0 Å². The molecule has 1 aliphatic rings. The highest BCUT2D eigenvalue weighted by molar-refractivity contribution is 5.87. The highest BCUT2D eigenvalue weighted by Gasteiger charge is 2.21. The summed E-state index contributed by atoms with van der Waals surface area (Å²) in [5.74, 6) is -0.861. The Balaban J connectivity index is 2.01. The third-order valence-corrected chi connectivity index (χ3v) is 3.84. The van der Waals surface area contributed by atoms with Gasteiger partial charge in [-0.05, 0) is 29.5 Å². The van der Waals surface area contributed by atoms with E-state index in [0.717, 1.165) is 31.6 Å². The molecule has 0 aliphatic carbocycles. The molecule has 0 amide bonds. The van der Waals surface area contributed by atoms with E-state index in [-0.39, 0.29) is 5.41 Å². The standard InChI is InChI=1S/C17H23NO2/c1-17(2,3)15-7-9-18(10-8-15)12-13-5-4-6-14(11-13)16(19)20/h4-7,11H,8-10,12H2,1-3H3,(H,19,20). The van der Waals surface area contributed by atoms with Crippen LogP contribution >= 0.6 is 0 Å². The number of hydrogen-bond acceptors (Lipinski definition) is 2. The van der Waals surface area contributed by atoms with Crippen LogP contribution in [0.5, 0.6) is 0 Å². The van der Waals surface area contributed by atoms with Crippen LogP contribution in [0.25, 0.3) is 0 Å². The molecule has 108 valence electrons. The minimum Gasteiger partial charge on any atom is -0.478 e. The summed E-state index contributed by atoms with van der Waals surface area (Å²) in [5, 5.41) is 9.02. The molecule has 1 N–H and O–H groups in total. The molecule has 2 rings (SSSR count). The first-order chi connectivity index (χ1) is 9.36. The number of rotatable bonds is 3. The normalized spacial score (nSPS) is 16.9. The minimum atomic E-state index is -0.861. The number of carbonyl (C=O) groups is 1. The fourth-order valence-corrected chi connectivity index (χ4v) is 2.60. The molecule has 1 aromatic carbocycles. The Hall–Kier alpha value is -1.61. The lowest BCUT2D eigenvalue weighted by molar-refractivity contribution is 0.0696. The molecular weight excluding hydrogens is 250 g/mol. The third kappa shape index (κ3) is 3.70. The Morgan fingerprint density at radius 3 is 2.65 bits per heavy atom. The van der Waals surface area contributed by atoms with Gasteiger partial charge in [-0.15, -0.1) is 0 Å². The topological polar surface area (TPSA) is 40.5 Å². The van der Waals surface area contributed by atoms with Gasteiger partial charge >= 0.3 is 5.97 Å². The van der Waals surface area contributed by atoms with E-state index in [4.69, 9.17) is 5.11 Å². The molecule has 1 aliphatic heterocycles. The Labute approximate surface area is 120 Å². The SMILES string of the molecule is CC(C)(C)C1=CCN(Cc2cccc(C(=O)O)c2)CC1. The van der Waals surface area contributed by atoms with Crippen LogP contribution in [0, 0.1) is 5.41 Å². The highest BCUT2D eigenvalue weighted by atomic mass is 16.4. The van der Waals surface area contributed by atoms with Crippen molar-refractivity contribution in [3.63, 3.8) is 0 Å². The Morgan fingerprint density at radius 1 is 1.35 bits per heavy atom. The first-order valence-electron chi connectivity index (χ1n) is 7.10. The van der Waals surface area contributed by atoms with Crippen molar-refractivity contribution < 1.29 is 9.90 Å². The van der Waals surface area contributed by atoms with Crippen LogP contribution < -0.4 is 0 Å². The molecule has 1 heterocycles. The van der Waals surface area contributed by atoms with Gasteiger partial charge in [0.25, 0.3) is 0 Å². The summed E-state index contributed by atoms with van der Waals surface area (Å²) in [4.78, 5) is 13.3. The lowest BCUT2D eigenvalue weighted by Gasteiger charge is -2.32. The summed E-state index contributed by atoms with van der Waals surface area (Å²) in [7, 11) is 0. The maximum atomic E-state index is 11.0. The van der Waals surface area contributed by atoms with E-state index in [1.54, 1.807) is 12.1 Å². The van der Waals surface area contributed by atoms with E-state index < -0.39 is 5.97 Å². The first-order valence-corrected chi connectivity index (χ1v) is 7.10. The fraction of sp³-hybridized carbons (Fsp3) is 0.471. The number of carboxylic acids is 1. The van der Waals surface area contributed by atoms with Crippen molar-refractivity contribution in [3.05, 3.63) is 47.0 Å². The second kappa shape index (κ2) is 5.80. The molecular formula is C17H23NO2. The molecule has 0 unspecified atom stereocenters. The van der Waals surface area contributed by atoms with E-state index in [9.17, 15) is 4.79 Å². The quantitative estimate of drug-likeness (QED) is 0.856. The zero-order chi connectivity index (χ0) is 14.8. The summed E-state index contributed by atoms with van der Waals surface area (Å²) in [5.41, 5.74) is 3.21. The highest BCUT2D eigenvalue weighted by Crippen LogP contribution is 2.30. The van der Waals surface area contributed by atoms with Gasteiger partial charge in [-0.3, -0.25) is 4.90 Å². The van der Waals surface area contributed by atoms with Crippen molar-refractivity contribution in [1.82, 2.24) is 4.90 Å². The second-order valence-corrected chi connectivity index (χ2v) is 6.47. The Morgan fingerprint density at radius 2 is 2.10 bits per heavy atom. The van der Waals surface area contributed by atoms with E-state index >= 15 is 0 Å². The second-order valence-electron chi connectivity index (χ2n) is 6.47. The zero-order valence-electron chi connectivity index (χ0n) is 12.5. The largest absolute Gasteiger partial charge is 0.478 e.